The van der Waals surface area contributed by atoms with Gasteiger partial charge < -0.3 is 9.88 Å². The molecule has 0 saturated carbocycles. The molecule has 0 aliphatic carbocycles. The summed E-state index contributed by atoms with van der Waals surface area (Å²) in [5.41, 5.74) is 0. The normalized spacial score (nSPS) is 12.9. The molecule has 0 saturated heterocycles. The average Bonchev–Trinajstić information content (AvgIpc) is 2.86. The molecule has 0 aliphatic rings. The molecule has 2 rings (SSSR count). The molecule has 2 aromatic heterocycles. The number of nitrogens with zero attached hydrogens (tertiary/aromatic N) is 4. The van der Waals surface area contributed by atoms with Crippen LogP contribution in [0.1, 0.15) is 34.5 Å². The summed E-state index contributed by atoms with van der Waals surface area (Å²) in [6.07, 6.45) is 1.91. The van der Waals surface area contributed by atoms with E-state index in [0.717, 1.165) is 16.7 Å². The van der Waals surface area contributed by atoms with E-state index in [4.69, 9.17) is 0 Å². The first-order valence-corrected chi connectivity index (χ1v) is 6.40. The van der Waals surface area contributed by atoms with Crippen molar-refractivity contribution in [3.05, 3.63) is 27.7 Å². The Balaban J connectivity index is 1.96. The Hall–Kier alpha value is -1.27. The molecule has 0 bridgehead atoms. The summed E-state index contributed by atoms with van der Waals surface area (Å²) >= 11 is 1.72. The molecule has 6 heteroatoms. The lowest BCUT2D eigenvalue weighted by atomic mass is 10.3. The van der Waals surface area contributed by atoms with E-state index in [1.807, 2.05) is 24.7 Å². The van der Waals surface area contributed by atoms with Crippen LogP contribution in [0.2, 0.25) is 0 Å². The first-order valence-electron chi connectivity index (χ1n) is 5.58. The van der Waals surface area contributed by atoms with Crippen LogP contribution in [-0.4, -0.2) is 19.7 Å². The van der Waals surface area contributed by atoms with E-state index in [2.05, 4.69) is 34.3 Å². The summed E-state index contributed by atoms with van der Waals surface area (Å²) in [7, 11) is 1.98. The van der Waals surface area contributed by atoms with E-state index in [9.17, 15) is 0 Å². The summed E-state index contributed by atoms with van der Waals surface area (Å²) in [6.45, 7) is 6.84. The number of hydrogen-bond donors (Lipinski definition) is 1. The van der Waals surface area contributed by atoms with Gasteiger partial charge in [0, 0.05) is 18.1 Å². The number of aromatic nitrogens is 4. The maximum Gasteiger partial charge on any atom is 0.146 e. The van der Waals surface area contributed by atoms with Crippen molar-refractivity contribution >= 4 is 11.3 Å². The number of nitrogens with one attached hydrogen (secondary N) is 1. The first kappa shape index (κ1) is 12.2. The summed E-state index contributed by atoms with van der Waals surface area (Å²) in [6, 6.07) is 0.241. The third-order valence-corrected chi connectivity index (χ3v) is 3.85. The van der Waals surface area contributed by atoms with Crippen molar-refractivity contribution in [3.63, 3.8) is 0 Å². The summed E-state index contributed by atoms with van der Waals surface area (Å²) in [4.78, 5) is 5.61. The van der Waals surface area contributed by atoms with Gasteiger partial charge >= 0.3 is 0 Å². The van der Waals surface area contributed by atoms with Crippen molar-refractivity contribution in [3.8, 4) is 0 Å². The highest BCUT2D eigenvalue weighted by atomic mass is 32.1. The van der Waals surface area contributed by atoms with Crippen molar-refractivity contribution in [1.82, 2.24) is 25.1 Å². The Morgan fingerprint density at radius 2 is 2.18 bits per heavy atom. The number of thiazole rings is 1. The van der Waals surface area contributed by atoms with Crippen LogP contribution in [0.25, 0.3) is 0 Å². The molecule has 0 amide bonds. The molecule has 1 N–H and O–H groups in total. The highest BCUT2D eigenvalue weighted by molar-refractivity contribution is 7.11. The second-order valence-electron chi connectivity index (χ2n) is 4.13. The lowest BCUT2D eigenvalue weighted by Gasteiger charge is -2.10. The van der Waals surface area contributed by atoms with Crippen LogP contribution in [-0.2, 0) is 13.6 Å². The highest BCUT2D eigenvalue weighted by Crippen LogP contribution is 2.19. The van der Waals surface area contributed by atoms with Gasteiger partial charge in [0.15, 0.2) is 0 Å². The predicted octanol–water partition coefficient (Wildman–Crippen LogP) is 1.74. The highest BCUT2D eigenvalue weighted by Gasteiger charge is 2.11. The van der Waals surface area contributed by atoms with Crippen LogP contribution in [0.3, 0.4) is 0 Å². The molecule has 1 unspecified atom stereocenters. The SMILES string of the molecule is Cc1cnc(C(C)NCc2nnc(C)n2C)s1. The maximum atomic E-state index is 4.37. The van der Waals surface area contributed by atoms with Crippen LogP contribution >= 0.6 is 11.3 Å². The van der Waals surface area contributed by atoms with E-state index in [1.165, 1.54) is 4.88 Å². The Kier molecular flexibility index (Phi) is 3.54. The first-order chi connectivity index (χ1) is 8.08. The van der Waals surface area contributed by atoms with Gasteiger partial charge in [-0.2, -0.15) is 0 Å². The zero-order valence-electron chi connectivity index (χ0n) is 10.6. The maximum absolute atomic E-state index is 4.37. The van der Waals surface area contributed by atoms with Gasteiger partial charge in [-0.15, -0.1) is 21.5 Å². The minimum atomic E-state index is 0.241. The lowest BCUT2D eigenvalue weighted by molar-refractivity contribution is 0.545. The minimum absolute atomic E-state index is 0.241. The summed E-state index contributed by atoms with van der Waals surface area (Å²) in [5, 5.41) is 12.7. The van der Waals surface area contributed by atoms with Crippen LogP contribution in [0.4, 0.5) is 0 Å². The zero-order chi connectivity index (χ0) is 12.4. The second-order valence-corrected chi connectivity index (χ2v) is 5.40. The molecule has 0 fully saturated rings. The topological polar surface area (TPSA) is 55.6 Å². The molecule has 0 spiro atoms. The fourth-order valence-electron chi connectivity index (χ4n) is 1.51. The Bertz CT molecular complexity index is 502. The van der Waals surface area contributed by atoms with Crippen molar-refractivity contribution in [2.75, 3.05) is 0 Å². The molecule has 1 atom stereocenters. The van der Waals surface area contributed by atoms with Crippen LogP contribution in [0.15, 0.2) is 6.20 Å². The van der Waals surface area contributed by atoms with Gasteiger partial charge in [-0.25, -0.2) is 4.98 Å². The molecule has 17 heavy (non-hydrogen) atoms. The van der Waals surface area contributed by atoms with E-state index in [-0.39, 0.29) is 6.04 Å². The number of hydrogen-bond acceptors (Lipinski definition) is 5. The summed E-state index contributed by atoms with van der Waals surface area (Å²) in [5.74, 6) is 1.88. The van der Waals surface area contributed by atoms with Gasteiger partial charge in [0.1, 0.15) is 16.7 Å². The molecule has 2 heterocycles. The molecule has 0 aromatic carbocycles. The van der Waals surface area contributed by atoms with Gasteiger partial charge in [0.05, 0.1) is 12.6 Å². The second kappa shape index (κ2) is 4.93. The van der Waals surface area contributed by atoms with Gasteiger partial charge in [-0.3, -0.25) is 0 Å². The molecule has 0 aliphatic heterocycles. The van der Waals surface area contributed by atoms with Crippen molar-refractivity contribution in [2.45, 2.75) is 33.4 Å². The molecule has 2 aromatic rings. The molecular formula is C11H17N5S. The Morgan fingerprint density at radius 1 is 1.41 bits per heavy atom. The zero-order valence-corrected chi connectivity index (χ0v) is 11.4. The van der Waals surface area contributed by atoms with Crippen molar-refractivity contribution in [2.24, 2.45) is 7.05 Å². The smallest absolute Gasteiger partial charge is 0.146 e. The Morgan fingerprint density at radius 3 is 2.71 bits per heavy atom. The number of aryl methyl sites for hydroxylation is 2. The third-order valence-electron chi connectivity index (χ3n) is 2.76. The molecule has 5 nitrogen and oxygen atoms in total. The predicted molar refractivity (Wildman–Crippen MR) is 67.8 cm³/mol. The fourth-order valence-corrected chi connectivity index (χ4v) is 2.31. The van der Waals surface area contributed by atoms with E-state index >= 15 is 0 Å². The van der Waals surface area contributed by atoms with Gasteiger partial charge in [0.2, 0.25) is 0 Å². The lowest BCUT2D eigenvalue weighted by Crippen LogP contribution is -2.20. The monoisotopic (exact) mass is 251 g/mol. The van der Waals surface area contributed by atoms with Gasteiger partial charge in [0.25, 0.3) is 0 Å². The Labute approximate surface area is 105 Å². The summed E-state index contributed by atoms with van der Waals surface area (Å²) < 4.78 is 1.99. The minimum Gasteiger partial charge on any atom is -0.317 e. The van der Waals surface area contributed by atoms with Crippen molar-refractivity contribution < 1.29 is 0 Å². The average molecular weight is 251 g/mol. The van der Waals surface area contributed by atoms with E-state index in [1.54, 1.807) is 11.3 Å². The largest absolute Gasteiger partial charge is 0.317 e. The van der Waals surface area contributed by atoms with Gasteiger partial charge in [-0.05, 0) is 20.8 Å². The van der Waals surface area contributed by atoms with Gasteiger partial charge in [-0.1, -0.05) is 0 Å². The molecule has 0 radical (unpaired) electrons. The van der Waals surface area contributed by atoms with E-state index in [0.29, 0.717) is 6.54 Å². The van der Waals surface area contributed by atoms with Crippen LogP contribution in [0, 0.1) is 13.8 Å². The van der Waals surface area contributed by atoms with Crippen LogP contribution in [0.5, 0.6) is 0 Å². The number of rotatable bonds is 4. The third kappa shape index (κ3) is 2.70. The molecular weight excluding hydrogens is 234 g/mol. The van der Waals surface area contributed by atoms with Crippen molar-refractivity contribution in [1.29, 1.82) is 0 Å². The van der Waals surface area contributed by atoms with E-state index < -0.39 is 0 Å². The fraction of sp³-hybridized carbons (Fsp3) is 0.545. The quantitative estimate of drug-likeness (QED) is 0.899. The standard InChI is InChI=1S/C11H17N5S/c1-7-5-13-11(17-7)8(2)12-6-10-15-14-9(3)16(10)4/h5,8,12H,6H2,1-4H3. The van der Waals surface area contributed by atoms with Crippen LogP contribution < -0.4 is 5.32 Å². The molecule has 92 valence electrons.